The molecule has 3 nitrogen and oxygen atoms in total. The minimum absolute atomic E-state index is 0.230. The molecule has 1 heterocycles. The molecule has 3 rings (SSSR count). The number of nitrogen functional groups attached to an aromatic ring is 1. The quantitative estimate of drug-likeness (QED) is 0.645. The molecule has 3 aromatic rings. The molecule has 0 aliphatic carbocycles. The normalized spacial score (nSPS) is 10.8. The highest BCUT2D eigenvalue weighted by molar-refractivity contribution is 9.10. The van der Waals surface area contributed by atoms with Crippen LogP contribution in [-0.2, 0) is 0 Å². The van der Waals surface area contributed by atoms with Crippen molar-refractivity contribution >= 4 is 66.2 Å². The molecule has 0 fully saturated rings. The van der Waals surface area contributed by atoms with Gasteiger partial charge in [-0.1, -0.05) is 33.6 Å². The van der Waals surface area contributed by atoms with E-state index in [4.69, 9.17) is 17.3 Å². The molecule has 1 amide bonds. The van der Waals surface area contributed by atoms with Crippen LogP contribution in [0.5, 0.6) is 0 Å². The van der Waals surface area contributed by atoms with Crippen molar-refractivity contribution in [1.82, 2.24) is 0 Å². The molecule has 21 heavy (non-hydrogen) atoms. The van der Waals surface area contributed by atoms with E-state index < -0.39 is 0 Å². The molecule has 0 saturated heterocycles. The second kappa shape index (κ2) is 5.67. The highest BCUT2D eigenvalue weighted by Crippen LogP contribution is 2.38. The molecule has 106 valence electrons. The maximum Gasteiger partial charge on any atom is 0.267 e. The summed E-state index contributed by atoms with van der Waals surface area (Å²) in [6, 6.07) is 12.9. The topological polar surface area (TPSA) is 55.1 Å². The highest BCUT2D eigenvalue weighted by atomic mass is 79.9. The number of nitrogens with one attached hydrogen (secondary N) is 1. The molecule has 0 atom stereocenters. The van der Waals surface area contributed by atoms with Crippen LogP contribution < -0.4 is 11.1 Å². The fourth-order valence-corrected chi connectivity index (χ4v) is 3.66. The summed E-state index contributed by atoms with van der Waals surface area (Å²) in [4.78, 5) is 12.8. The second-order valence-corrected chi connectivity index (χ2v) is 6.79. The number of fused-ring (bicyclic) bond motifs is 1. The summed E-state index contributed by atoms with van der Waals surface area (Å²) in [6.45, 7) is 0. The number of rotatable bonds is 2. The Kier molecular flexibility index (Phi) is 3.89. The third kappa shape index (κ3) is 2.77. The molecule has 3 N–H and O–H groups in total. The van der Waals surface area contributed by atoms with Crippen LogP contribution in [0.2, 0.25) is 5.02 Å². The van der Waals surface area contributed by atoms with Crippen molar-refractivity contribution in [3.8, 4) is 0 Å². The van der Waals surface area contributed by atoms with Crippen molar-refractivity contribution in [2.75, 3.05) is 11.1 Å². The van der Waals surface area contributed by atoms with Crippen molar-refractivity contribution in [3.63, 3.8) is 0 Å². The van der Waals surface area contributed by atoms with Crippen LogP contribution in [0.15, 0.2) is 46.9 Å². The van der Waals surface area contributed by atoms with E-state index in [0.717, 1.165) is 14.6 Å². The van der Waals surface area contributed by atoms with Crippen molar-refractivity contribution in [2.45, 2.75) is 0 Å². The third-order valence-corrected chi connectivity index (χ3v) is 5.02. The molecule has 6 heteroatoms. The van der Waals surface area contributed by atoms with Gasteiger partial charge in [0.2, 0.25) is 0 Å². The Bertz CT molecular complexity index is 830. The average molecular weight is 382 g/mol. The van der Waals surface area contributed by atoms with Crippen LogP contribution in [0, 0.1) is 0 Å². The standard InChI is InChI=1S/C15H10BrClN2OS/c16-8-4-6-9(7-5-8)19-15(20)14-13(18)12-10(17)2-1-3-11(12)21-14/h1-7H,18H2,(H,19,20). The number of carbonyl (C=O) groups is 1. The summed E-state index contributed by atoms with van der Waals surface area (Å²) in [5.41, 5.74) is 7.22. The van der Waals surface area contributed by atoms with E-state index in [1.54, 1.807) is 6.07 Å². The van der Waals surface area contributed by atoms with Crippen LogP contribution in [0.25, 0.3) is 10.1 Å². The molecular formula is C15H10BrClN2OS. The SMILES string of the molecule is Nc1c(C(=O)Nc2ccc(Br)cc2)sc2cccc(Cl)c12. The minimum atomic E-state index is -0.230. The molecule has 0 spiro atoms. The molecule has 0 aliphatic rings. The zero-order chi connectivity index (χ0) is 15.0. The number of benzene rings is 2. The van der Waals surface area contributed by atoms with Gasteiger partial charge in [0.1, 0.15) is 4.88 Å². The lowest BCUT2D eigenvalue weighted by Crippen LogP contribution is -2.11. The van der Waals surface area contributed by atoms with Gasteiger partial charge in [0, 0.05) is 20.2 Å². The molecule has 0 unspecified atom stereocenters. The van der Waals surface area contributed by atoms with Gasteiger partial charge < -0.3 is 11.1 Å². The van der Waals surface area contributed by atoms with Gasteiger partial charge in [-0.3, -0.25) is 4.79 Å². The van der Waals surface area contributed by atoms with Gasteiger partial charge >= 0.3 is 0 Å². The Morgan fingerprint density at radius 2 is 1.90 bits per heavy atom. The first kappa shape index (κ1) is 14.4. The zero-order valence-corrected chi connectivity index (χ0v) is 13.8. The number of hydrogen-bond acceptors (Lipinski definition) is 3. The van der Waals surface area contributed by atoms with Crippen molar-refractivity contribution in [2.24, 2.45) is 0 Å². The van der Waals surface area contributed by atoms with Crippen LogP contribution in [0.4, 0.5) is 11.4 Å². The zero-order valence-electron chi connectivity index (χ0n) is 10.7. The summed E-state index contributed by atoms with van der Waals surface area (Å²) in [5, 5.41) is 4.13. The monoisotopic (exact) mass is 380 g/mol. The fourth-order valence-electron chi connectivity index (χ4n) is 2.02. The van der Waals surface area contributed by atoms with Crippen molar-refractivity contribution < 1.29 is 4.79 Å². The van der Waals surface area contributed by atoms with Gasteiger partial charge in [-0.05, 0) is 36.4 Å². The van der Waals surface area contributed by atoms with Gasteiger partial charge in [0.15, 0.2) is 0 Å². The van der Waals surface area contributed by atoms with E-state index in [9.17, 15) is 4.79 Å². The summed E-state index contributed by atoms with van der Waals surface area (Å²) >= 11 is 10.8. The van der Waals surface area contributed by atoms with Crippen LogP contribution in [-0.4, -0.2) is 5.91 Å². The molecule has 1 aromatic heterocycles. The minimum Gasteiger partial charge on any atom is -0.397 e. The molecule has 0 saturated carbocycles. The predicted octanol–water partition coefficient (Wildman–Crippen LogP) is 5.15. The number of thiophene rings is 1. The summed E-state index contributed by atoms with van der Waals surface area (Å²) in [6.07, 6.45) is 0. The van der Waals surface area contributed by atoms with E-state index in [2.05, 4.69) is 21.2 Å². The number of anilines is 2. The molecule has 0 aliphatic heterocycles. The Hall–Kier alpha value is -1.56. The first-order chi connectivity index (χ1) is 10.1. The largest absolute Gasteiger partial charge is 0.397 e. The van der Waals surface area contributed by atoms with E-state index in [1.807, 2.05) is 36.4 Å². The molecule has 2 aromatic carbocycles. The summed E-state index contributed by atoms with van der Waals surface area (Å²) in [5.74, 6) is -0.230. The van der Waals surface area contributed by atoms with Gasteiger partial charge in [0.05, 0.1) is 10.7 Å². The second-order valence-electron chi connectivity index (χ2n) is 4.42. The van der Waals surface area contributed by atoms with Crippen molar-refractivity contribution in [3.05, 3.63) is 56.8 Å². The Morgan fingerprint density at radius 1 is 1.19 bits per heavy atom. The van der Waals surface area contributed by atoms with Gasteiger partial charge in [-0.15, -0.1) is 11.3 Å². The van der Waals surface area contributed by atoms with E-state index in [0.29, 0.717) is 21.3 Å². The molecule has 0 bridgehead atoms. The molecule has 0 radical (unpaired) electrons. The van der Waals surface area contributed by atoms with E-state index >= 15 is 0 Å². The Morgan fingerprint density at radius 3 is 2.57 bits per heavy atom. The van der Waals surface area contributed by atoms with Gasteiger partial charge in [0.25, 0.3) is 5.91 Å². The molecular weight excluding hydrogens is 372 g/mol. The number of nitrogens with two attached hydrogens (primary N) is 1. The third-order valence-electron chi connectivity index (χ3n) is 3.01. The number of hydrogen-bond donors (Lipinski definition) is 2. The highest BCUT2D eigenvalue weighted by Gasteiger charge is 2.18. The first-order valence-electron chi connectivity index (χ1n) is 6.09. The lowest BCUT2D eigenvalue weighted by molar-refractivity contribution is 0.103. The van der Waals surface area contributed by atoms with Crippen LogP contribution in [0.1, 0.15) is 9.67 Å². The maximum atomic E-state index is 12.4. The lowest BCUT2D eigenvalue weighted by Gasteiger charge is -2.04. The van der Waals surface area contributed by atoms with Crippen LogP contribution >= 0.6 is 38.9 Å². The lowest BCUT2D eigenvalue weighted by atomic mass is 10.2. The van der Waals surface area contributed by atoms with Crippen LogP contribution in [0.3, 0.4) is 0 Å². The van der Waals surface area contributed by atoms with Gasteiger partial charge in [-0.2, -0.15) is 0 Å². The van der Waals surface area contributed by atoms with Crippen molar-refractivity contribution in [1.29, 1.82) is 0 Å². The predicted molar refractivity (Wildman–Crippen MR) is 93.3 cm³/mol. The van der Waals surface area contributed by atoms with Gasteiger partial charge in [-0.25, -0.2) is 0 Å². The maximum absolute atomic E-state index is 12.4. The summed E-state index contributed by atoms with van der Waals surface area (Å²) < 4.78 is 1.86. The number of halogens is 2. The van der Waals surface area contributed by atoms with E-state index in [1.165, 1.54) is 11.3 Å². The number of amides is 1. The number of carbonyl (C=O) groups excluding carboxylic acids is 1. The Balaban J connectivity index is 1.96. The van der Waals surface area contributed by atoms with E-state index in [-0.39, 0.29) is 5.91 Å². The first-order valence-corrected chi connectivity index (χ1v) is 8.08. The average Bonchev–Trinajstić information content (AvgIpc) is 2.80. The fraction of sp³-hybridized carbons (Fsp3) is 0. The smallest absolute Gasteiger partial charge is 0.267 e. The Labute approximate surface area is 138 Å². The summed E-state index contributed by atoms with van der Waals surface area (Å²) in [7, 11) is 0.